The van der Waals surface area contributed by atoms with Crippen LogP contribution in [0.5, 0.6) is 0 Å². The molecule has 2 saturated heterocycles. The van der Waals surface area contributed by atoms with Gasteiger partial charge in [-0.05, 0) is 68.2 Å². The van der Waals surface area contributed by atoms with Crippen molar-refractivity contribution in [2.24, 2.45) is 11.8 Å². The number of likely N-dealkylation sites (tertiary alicyclic amines) is 2. The SMILES string of the molecule is COC[C@H]1C[C@@H](c2ncc(-c3ccc(-c4ccc(-c5cnc(C6CCCN6C(=O)C(NC(=O)OC)C(C)C)[nH]5)cc4)cc3)[nH]2)N(C(=O)OC(C)(C)C)C1. The maximum absolute atomic E-state index is 13.5. The van der Waals surface area contributed by atoms with Gasteiger partial charge in [0.1, 0.15) is 23.3 Å². The lowest BCUT2D eigenvalue weighted by Crippen LogP contribution is -2.51. The third kappa shape index (κ3) is 8.56. The standard InChI is InChI=1S/C40H51N7O6/c1-24(2)34(45-38(49)52-7)37(48)46-18-8-9-32(46)35-41-20-30(43-35)28-14-10-26(11-15-28)27-12-16-29(17-13-27)31-21-42-36(44-31)33-19-25(23-51-6)22-47(33)39(50)53-40(3,4)5/h10-17,20-21,24-25,32-34H,8-9,18-19,22-23H2,1-7H3,(H,41,43)(H,42,44)(H,45,49)/t25-,32?,33-,34?/m0/s1. The number of carbonyl (C=O) groups excluding carboxylic acids is 3. The fraction of sp³-hybridized carbons (Fsp3) is 0.475. The van der Waals surface area contributed by atoms with E-state index < -0.39 is 17.7 Å². The smallest absolute Gasteiger partial charge is 0.410 e. The molecule has 2 unspecified atom stereocenters. The van der Waals surface area contributed by atoms with Crippen LogP contribution in [-0.4, -0.2) is 93.4 Å². The van der Waals surface area contributed by atoms with Crippen LogP contribution in [0.1, 0.15) is 77.6 Å². The molecule has 53 heavy (non-hydrogen) atoms. The van der Waals surface area contributed by atoms with E-state index in [0.29, 0.717) is 19.7 Å². The van der Waals surface area contributed by atoms with E-state index in [1.54, 1.807) is 18.2 Å². The van der Waals surface area contributed by atoms with E-state index in [2.05, 4.69) is 68.8 Å². The molecule has 6 rings (SSSR count). The predicted octanol–water partition coefficient (Wildman–Crippen LogP) is 7.12. The van der Waals surface area contributed by atoms with E-state index in [4.69, 9.17) is 19.2 Å². The minimum absolute atomic E-state index is 0.0989. The molecule has 13 nitrogen and oxygen atoms in total. The number of aromatic nitrogens is 4. The van der Waals surface area contributed by atoms with Gasteiger partial charge in [0, 0.05) is 26.1 Å². The molecule has 0 saturated carbocycles. The highest BCUT2D eigenvalue weighted by Gasteiger charge is 2.40. The Balaban J connectivity index is 1.12. The summed E-state index contributed by atoms with van der Waals surface area (Å²) < 4.78 is 15.9. The number of aromatic amines is 2. The maximum atomic E-state index is 13.5. The number of nitrogens with one attached hydrogen (secondary N) is 3. The Morgan fingerprint density at radius 1 is 0.849 bits per heavy atom. The molecule has 3 amide bonds. The summed E-state index contributed by atoms with van der Waals surface area (Å²) >= 11 is 0. The van der Waals surface area contributed by atoms with Gasteiger partial charge in [-0.15, -0.1) is 0 Å². The summed E-state index contributed by atoms with van der Waals surface area (Å²) in [5.74, 6) is 1.42. The summed E-state index contributed by atoms with van der Waals surface area (Å²) in [5.41, 5.74) is 5.26. The average molecular weight is 726 g/mol. The van der Waals surface area contributed by atoms with Crippen LogP contribution in [0, 0.1) is 11.8 Å². The van der Waals surface area contributed by atoms with Gasteiger partial charge < -0.3 is 34.4 Å². The lowest BCUT2D eigenvalue weighted by molar-refractivity contribution is -0.135. The zero-order valence-corrected chi connectivity index (χ0v) is 31.6. The van der Waals surface area contributed by atoms with E-state index in [1.165, 1.54) is 7.11 Å². The number of rotatable bonds is 10. The largest absolute Gasteiger partial charge is 0.453 e. The lowest BCUT2D eigenvalue weighted by atomic mass is 10.0. The van der Waals surface area contributed by atoms with E-state index in [-0.39, 0.29) is 35.9 Å². The summed E-state index contributed by atoms with van der Waals surface area (Å²) in [6.07, 6.45) is 5.04. The van der Waals surface area contributed by atoms with Crippen LogP contribution < -0.4 is 5.32 Å². The van der Waals surface area contributed by atoms with Crippen molar-refractivity contribution in [1.82, 2.24) is 35.1 Å². The summed E-state index contributed by atoms with van der Waals surface area (Å²) in [4.78, 5) is 58.4. The predicted molar refractivity (Wildman–Crippen MR) is 201 cm³/mol. The molecule has 0 radical (unpaired) electrons. The molecule has 4 heterocycles. The third-order valence-corrected chi connectivity index (χ3v) is 9.89. The van der Waals surface area contributed by atoms with Crippen molar-refractivity contribution in [3.63, 3.8) is 0 Å². The van der Waals surface area contributed by atoms with Gasteiger partial charge >= 0.3 is 12.2 Å². The molecule has 0 spiro atoms. The van der Waals surface area contributed by atoms with Gasteiger partial charge in [0.05, 0.1) is 49.6 Å². The number of carbonyl (C=O) groups is 3. The van der Waals surface area contributed by atoms with E-state index in [1.807, 2.05) is 45.7 Å². The van der Waals surface area contributed by atoms with Gasteiger partial charge in [-0.1, -0.05) is 62.4 Å². The molecule has 2 aliphatic rings. The van der Waals surface area contributed by atoms with E-state index in [0.717, 1.165) is 64.6 Å². The molecule has 13 heteroatoms. The average Bonchev–Trinajstić information content (AvgIpc) is 3.96. The molecule has 3 N–H and O–H groups in total. The quantitative estimate of drug-likeness (QED) is 0.156. The van der Waals surface area contributed by atoms with Gasteiger partial charge in [-0.2, -0.15) is 0 Å². The molecule has 2 aromatic carbocycles. The van der Waals surface area contributed by atoms with Gasteiger partial charge in [0.25, 0.3) is 0 Å². The zero-order valence-electron chi connectivity index (χ0n) is 31.6. The third-order valence-electron chi connectivity index (χ3n) is 9.89. The second-order valence-electron chi connectivity index (χ2n) is 15.3. The van der Waals surface area contributed by atoms with Crippen molar-refractivity contribution in [2.45, 2.75) is 77.6 Å². The number of ether oxygens (including phenoxy) is 3. The monoisotopic (exact) mass is 725 g/mol. The highest BCUT2D eigenvalue weighted by molar-refractivity contribution is 5.86. The first-order valence-corrected chi connectivity index (χ1v) is 18.3. The fourth-order valence-electron chi connectivity index (χ4n) is 7.24. The first kappa shape index (κ1) is 37.6. The number of alkyl carbamates (subject to hydrolysis) is 1. The van der Waals surface area contributed by atoms with Gasteiger partial charge in [0.15, 0.2) is 0 Å². The van der Waals surface area contributed by atoms with Gasteiger partial charge in [-0.25, -0.2) is 19.6 Å². The van der Waals surface area contributed by atoms with Crippen LogP contribution in [0.25, 0.3) is 33.6 Å². The van der Waals surface area contributed by atoms with Crippen molar-refractivity contribution in [3.8, 4) is 33.6 Å². The van der Waals surface area contributed by atoms with Crippen LogP contribution in [0.3, 0.4) is 0 Å². The molecule has 2 aliphatic heterocycles. The first-order chi connectivity index (χ1) is 25.3. The summed E-state index contributed by atoms with van der Waals surface area (Å²) in [6.45, 7) is 11.1. The van der Waals surface area contributed by atoms with Crippen molar-refractivity contribution >= 4 is 18.1 Å². The number of imidazole rings is 2. The minimum atomic E-state index is -0.681. The van der Waals surface area contributed by atoms with Crippen molar-refractivity contribution in [1.29, 1.82) is 0 Å². The Morgan fingerprint density at radius 2 is 1.40 bits per heavy atom. The topological polar surface area (TPSA) is 155 Å². The Bertz CT molecular complexity index is 1880. The van der Waals surface area contributed by atoms with Gasteiger partial charge in [0.2, 0.25) is 5.91 Å². The van der Waals surface area contributed by atoms with Crippen molar-refractivity contribution in [3.05, 3.63) is 72.6 Å². The molecular formula is C40H51N7O6. The van der Waals surface area contributed by atoms with E-state index >= 15 is 0 Å². The second-order valence-corrected chi connectivity index (χ2v) is 15.3. The number of methoxy groups -OCH3 is 2. The first-order valence-electron chi connectivity index (χ1n) is 18.3. The summed E-state index contributed by atoms with van der Waals surface area (Å²) in [6, 6.07) is 15.5. The molecule has 0 aliphatic carbocycles. The number of benzene rings is 2. The van der Waals surface area contributed by atoms with Crippen molar-refractivity contribution in [2.75, 3.05) is 33.9 Å². The molecule has 4 atom stereocenters. The highest BCUT2D eigenvalue weighted by Crippen LogP contribution is 2.37. The zero-order chi connectivity index (χ0) is 37.9. The van der Waals surface area contributed by atoms with Crippen LogP contribution in [0.4, 0.5) is 9.59 Å². The Kier molecular flexibility index (Phi) is 11.2. The molecule has 4 aromatic rings. The van der Waals surface area contributed by atoms with Crippen LogP contribution in [0.15, 0.2) is 60.9 Å². The lowest BCUT2D eigenvalue weighted by Gasteiger charge is -2.30. The maximum Gasteiger partial charge on any atom is 0.410 e. The Hall–Kier alpha value is -5.17. The van der Waals surface area contributed by atoms with Crippen LogP contribution >= 0.6 is 0 Å². The Labute approximate surface area is 310 Å². The molecule has 2 aromatic heterocycles. The number of hydrogen-bond donors (Lipinski definition) is 3. The molecular weight excluding hydrogens is 674 g/mol. The second kappa shape index (κ2) is 15.8. The number of hydrogen-bond acceptors (Lipinski definition) is 8. The normalized spacial score (nSPS) is 19.4. The highest BCUT2D eigenvalue weighted by atomic mass is 16.6. The number of amides is 3. The number of nitrogens with zero attached hydrogens (tertiary/aromatic N) is 4. The minimum Gasteiger partial charge on any atom is -0.453 e. The summed E-state index contributed by atoms with van der Waals surface area (Å²) in [7, 11) is 2.97. The number of H-pyrrole nitrogens is 2. The van der Waals surface area contributed by atoms with Gasteiger partial charge in [-0.3, -0.25) is 9.69 Å². The van der Waals surface area contributed by atoms with Crippen LogP contribution in [0.2, 0.25) is 0 Å². The fourth-order valence-corrected chi connectivity index (χ4v) is 7.24. The molecule has 2 fully saturated rings. The van der Waals surface area contributed by atoms with Crippen molar-refractivity contribution < 1.29 is 28.6 Å². The van der Waals surface area contributed by atoms with Crippen LogP contribution in [-0.2, 0) is 19.0 Å². The molecule has 0 bridgehead atoms. The van der Waals surface area contributed by atoms with E-state index in [9.17, 15) is 14.4 Å². The summed E-state index contributed by atoms with van der Waals surface area (Å²) in [5, 5.41) is 2.70. The Morgan fingerprint density at radius 3 is 1.91 bits per heavy atom. The molecule has 282 valence electrons.